The summed E-state index contributed by atoms with van der Waals surface area (Å²) in [5.41, 5.74) is 3.88. The number of rotatable bonds is 2. The molecule has 1 nitrogen and oxygen atoms in total. The van der Waals surface area contributed by atoms with Gasteiger partial charge in [0.05, 0.1) is 5.48 Å². The molecule has 2 N–H and O–H groups in total. The molecule has 10 heavy (non-hydrogen) atoms. The van der Waals surface area contributed by atoms with E-state index < -0.39 is 55.0 Å². The van der Waals surface area contributed by atoms with Crippen molar-refractivity contribution in [1.29, 1.82) is 0 Å². The molecule has 1 aromatic rings. The Morgan fingerprint density at radius 2 is 2.50 bits per heavy atom. The molecule has 54 valence electrons. The van der Waals surface area contributed by atoms with Crippen molar-refractivity contribution in [3.63, 3.8) is 0 Å². The zero-order valence-electron chi connectivity index (χ0n) is 16.1. The molecular formula is C9H13N. The first-order valence-corrected chi connectivity index (χ1v) is 2.54. The van der Waals surface area contributed by atoms with E-state index in [4.69, 9.17) is 20.8 Å². The van der Waals surface area contributed by atoms with Crippen molar-refractivity contribution in [2.45, 2.75) is 19.6 Å². The molecule has 0 radical (unpaired) electrons. The Morgan fingerprint density at radius 1 is 1.70 bits per heavy atom. The average molecular weight is 146 g/mol. The molecular weight excluding hydrogens is 122 g/mol. The van der Waals surface area contributed by atoms with Crippen LogP contribution in [-0.2, 0) is 6.37 Å². The highest BCUT2D eigenvalue weighted by Crippen LogP contribution is 2.11. The molecule has 0 aliphatic carbocycles. The minimum Gasteiger partial charge on any atom is -0.399 e. The third kappa shape index (κ3) is 1.50. The summed E-state index contributed by atoms with van der Waals surface area (Å²) in [7, 11) is 0. The number of anilines is 1. The van der Waals surface area contributed by atoms with E-state index in [-0.39, 0.29) is 0 Å². The summed E-state index contributed by atoms with van der Waals surface area (Å²) in [6.07, 6.45) is -6.63. The zero-order valence-corrected chi connectivity index (χ0v) is 5.08. The summed E-state index contributed by atoms with van der Waals surface area (Å²) in [5.74, 6) is 0. The second-order valence-electron chi connectivity index (χ2n) is 1.54. The van der Waals surface area contributed by atoms with Gasteiger partial charge in [-0.25, -0.2) is 0 Å². The van der Waals surface area contributed by atoms with Crippen LogP contribution in [0.4, 0.5) is 5.69 Å². The lowest BCUT2D eigenvalue weighted by atomic mass is 10.1. The number of hydrogen-bond donors (Lipinski definition) is 1. The third-order valence-electron chi connectivity index (χ3n) is 0.904. The molecule has 0 heterocycles. The number of nitrogen functional groups attached to an aromatic ring is 1. The van der Waals surface area contributed by atoms with Crippen molar-refractivity contribution in [3.05, 3.63) is 29.7 Å². The van der Waals surface area contributed by atoms with Crippen molar-refractivity contribution in [2.75, 3.05) is 5.73 Å². The van der Waals surface area contributed by atoms with E-state index in [2.05, 4.69) is 0 Å². The van der Waals surface area contributed by atoms with Crippen molar-refractivity contribution in [3.8, 4) is 0 Å². The Kier molecular flexibility index (Phi) is 0.471. The number of nitrogens with two attached hydrogens (primary N) is 1. The van der Waals surface area contributed by atoms with Gasteiger partial charge < -0.3 is 5.73 Å². The van der Waals surface area contributed by atoms with Gasteiger partial charge in [0.25, 0.3) is 0 Å². The van der Waals surface area contributed by atoms with Crippen LogP contribution in [0.25, 0.3) is 0 Å². The zero-order chi connectivity index (χ0) is 17.0. The summed E-state index contributed by atoms with van der Waals surface area (Å²) in [6.45, 7) is -3.35. The second-order valence-corrected chi connectivity index (χ2v) is 1.54. The number of para-hydroxylation sites is 1. The van der Waals surface area contributed by atoms with E-state index in [1.54, 1.807) is 0 Å². The van der Waals surface area contributed by atoms with E-state index in [0.717, 1.165) is 0 Å². The molecule has 0 unspecified atom stereocenters. The Bertz CT molecular complexity index is 545. The van der Waals surface area contributed by atoms with Crippen LogP contribution in [-0.4, -0.2) is 0 Å². The average Bonchev–Trinajstić information content (AvgIpc) is 2.32. The van der Waals surface area contributed by atoms with Crippen LogP contribution in [0.15, 0.2) is 24.2 Å². The highest BCUT2D eigenvalue weighted by molar-refractivity contribution is 5.46. The topological polar surface area (TPSA) is 26.0 Å². The maximum absolute atomic E-state index is 7.77. The summed E-state index contributed by atoms with van der Waals surface area (Å²) in [4.78, 5) is 0. The molecule has 1 heteroatoms. The molecule has 0 saturated heterocycles. The summed E-state index contributed by atoms with van der Waals surface area (Å²) in [5, 5.41) is 0. The monoisotopic (exact) mass is 146 g/mol. The summed E-state index contributed by atoms with van der Waals surface area (Å²) in [6, 6.07) is -3.15. The number of benzene rings is 1. The molecule has 0 atom stereocenters. The van der Waals surface area contributed by atoms with E-state index in [0.29, 0.717) is 0 Å². The molecule has 1 rings (SSSR count). The molecule has 0 fully saturated rings. The first kappa shape index (κ1) is 1.45. The van der Waals surface area contributed by atoms with Crippen molar-refractivity contribution in [1.82, 2.24) is 0 Å². The van der Waals surface area contributed by atoms with Gasteiger partial charge in [0.15, 0.2) is 0 Å². The summed E-state index contributed by atoms with van der Waals surface area (Å²) >= 11 is 0. The maximum Gasteiger partial charge on any atom is 0.0645 e. The predicted molar refractivity (Wildman–Crippen MR) is 44.8 cm³/mol. The predicted octanol–water partition coefficient (Wildman–Crippen LogP) is 2.22. The quantitative estimate of drug-likeness (QED) is 0.636. The minimum absolute atomic E-state index is 0.702. The molecule has 0 aliphatic rings. The van der Waals surface area contributed by atoms with Gasteiger partial charge in [0.1, 0.15) is 0 Å². The van der Waals surface area contributed by atoms with Crippen molar-refractivity contribution in [2.24, 2.45) is 0 Å². The van der Waals surface area contributed by atoms with Gasteiger partial charge in [-0.3, -0.25) is 0 Å². The third-order valence-corrected chi connectivity index (χ3v) is 0.904. The second kappa shape index (κ2) is 3.25. The molecule has 0 spiro atoms. The van der Waals surface area contributed by atoms with Crippen LogP contribution in [0.2, 0.25) is 0 Å². The van der Waals surface area contributed by atoms with Crippen LogP contribution >= 0.6 is 0 Å². The fraction of sp³-hybridized carbons (Fsp3) is 0.333. The lowest BCUT2D eigenvalue weighted by Gasteiger charge is -2.01. The molecule has 0 amide bonds. The van der Waals surface area contributed by atoms with Crippen LogP contribution in [0, 0.1) is 0 Å². The van der Waals surface area contributed by atoms with Gasteiger partial charge >= 0.3 is 0 Å². The normalized spacial score (nSPS) is 29.8. The fourth-order valence-electron chi connectivity index (χ4n) is 0.483. The highest BCUT2D eigenvalue weighted by Gasteiger charge is 1.93. The Balaban J connectivity index is 3.76. The molecule has 0 bridgehead atoms. The minimum atomic E-state index is -3.40. The van der Waals surface area contributed by atoms with Crippen molar-refractivity contribution >= 4 is 5.69 Å². The van der Waals surface area contributed by atoms with Gasteiger partial charge in [-0.05, 0) is 18.0 Å². The van der Waals surface area contributed by atoms with Gasteiger partial charge in [0, 0.05) is 15.3 Å². The molecule has 1 aromatic carbocycles. The van der Waals surface area contributed by atoms with E-state index in [1.807, 2.05) is 0 Å². The summed E-state index contributed by atoms with van der Waals surface area (Å²) < 4.78 is 82.0. The van der Waals surface area contributed by atoms with E-state index >= 15 is 0 Å². The van der Waals surface area contributed by atoms with Gasteiger partial charge in [-0.15, -0.1) is 0 Å². The Morgan fingerprint density at radius 3 is 3.30 bits per heavy atom. The Hall–Kier alpha value is -0.980. The fourth-order valence-corrected chi connectivity index (χ4v) is 0.483. The smallest absolute Gasteiger partial charge is 0.0645 e. The highest BCUT2D eigenvalue weighted by atomic mass is 14.6. The van der Waals surface area contributed by atoms with E-state index in [9.17, 15) is 0 Å². The standard InChI is InChI=1S/C9H13N/c1-2-5-8-6-3-4-7-9(8)10/h3-4,6-7H,2,5,10H2,1H3/i1D3,2D2,3D,4D,5D2,6D,7D. The first-order valence-electron chi connectivity index (χ1n) is 8.04. The lowest BCUT2D eigenvalue weighted by Crippen LogP contribution is -1.92. The van der Waals surface area contributed by atoms with Crippen LogP contribution in [0.5, 0.6) is 0 Å². The maximum atomic E-state index is 7.77. The van der Waals surface area contributed by atoms with E-state index in [1.165, 1.54) is 0 Å². The SMILES string of the molecule is [2H]c1c([2H])c([2H])c(C([2H])([2H])C([2H])([2H])C([2H])([2H])[2H])c(N)c1[2H]. The van der Waals surface area contributed by atoms with Crippen LogP contribution in [0.1, 0.15) is 33.9 Å². The number of hydrogen-bond acceptors (Lipinski definition) is 1. The van der Waals surface area contributed by atoms with Crippen LogP contribution < -0.4 is 5.73 Å². The van der Waals surface area contributed by atoms with Gasteiger partial charge in [-0.2, -0.15) is 0 Å². The van der Waals surface area contributed by atoms with Crippen molar-refractivity contribution < 1.29 is 15.1 Å². The molecule has 0 aliphatic heterocycles. The lowest BCUT2D eigenvalue weighted by molar-refractivity contribution is 0.924. The first-order chi connectivity index (χ1) is 9.18. The Labute approximate surface area is 77.3 Å². The molecule has 0 saturated carbocycles. The van der Waals surface area contributed by atoms with Gasteiger partial charge in [-0.1, -0.05) is 31.4 Å². The van der Waals surface area contributed by atoms with Gasteiger partial charge in [0.2, 0.25) is 0 Å². The largest absolute Gasteiger partial charge is 0.399 e. The molecule has 0 aromatic heterocycles. The van der Waals surface area contributed by atoms with Crippen LogP contribution in [0.3, 0.4) is 0 Å².